The molecule has 1 fully saturated rings. The Balaban J connectivity index is 1.82. The van der Waals surface area contributed by atoms with Crippen LogP contribution < -0.4 is 10.1 Å². The van der Waals surface area contributed by atoms with Crippen molar-refractivity contribution in [3.63, 3.8) is 0 Å². The molecule has 1 aliphatic rings. The van der Waals surface area contributed by atoms with Gasteiger partial charge in [-0.25, -0.2) is 0 Å². The molecule has 1 aromatic rings. The van der Waals surface area contributed by atoms with Gasteiger partial charge in [-0.3, -0.25) is 4.90 Å². The summed E-state index contributed by atoms with van der Waals surface area (Å²) in [6.07, 6.45) is 2.47. The molecule has 0 bridgehead atoms. The second-order valence-electron chi connectivity index (χ2n) is 5.99. The Labute approximate surface area is 123 Å². The highest BCUT2D eigenvalue weighted by molar-refractivity contribution is 5.45. The maximum atomic E-state index is 5.95. The Morgan fingerprint density at radius 2 is 2.05 bits per heavy atom. The first kappa shape index (κ1) is 15.2. The third-order valence-corrected chi connectivity index (χ3v) is 4.50. The van der Waals surface area contributed by atoms with Gasteiger partial charge >= 0.3 is 0 Å². The Morgan fingerprint density at radius 3 is 2.65 bits per heavy atom. The second kappa shape index (κ2) is 6.98. The summed E-state index contributed by atoms with van der Waals surface area (Å²) in [5.41, 5.74) is 1.12. The molecular formula is C17H28N2O. The Bertz CT molecular complexity index is 404. The minimum absolute atomic E-state index is 0.656. The smallest absolute Gasteiger partial charge is 0.119 e. The second-order valence-corrected chi connectivity index (χ2v) is 5.99. The molecule has 0 radical (unpaired) electrons. The largest absolute Gasteiger partial charge is 0.493 e. The fourth-order valence-corrected chi connectivity index (χ4v) is 3.07. The van der Waals surface area contributed by atoms with Crippen LogP contribution in [0.4, 0.5) is 5.69 Å². The molecular weight excluding hydrogens is 248 g/mol. The number of ether oxygens (including phenoxy) is 1. The van der Waals surface area contributed by atoms with Gasteiger partial charge < -0.3 is 10.1 Å². The molecule has 1 N–H and O–H groups in total. The van der Waals surface area contributed by atoms with Gasteiger partial charge in [0, 0.05) is 37.3 Å². The van der Waals surface area contributed by atoms with Crippen molar-refractivity contribution in [3.05, 3.63) is 24.3 Å². The first-order valence-electron chi connectivity index (χ1n) is 7.80. The highest BCUT2D eigenvalue weighted by Crippen LogP contribution is 2.27. The summed E-state index contributed by atoms with van der Waals surface area (Å²) >= 11 is 0. The molecule has 20 heavy (non-hydrogen) atoms. The number of anilines is 1. The number of nitrogens with one attached hydrogen (secondary N) is 1. The molecule has 3 unspecified atom stereocenters. The zero-order valence-electron chi connectivity index (χ0n) is 13.2. The predicted octanol–water partition coefficient (Wildman–Crippen LogP) is 3.62. The van der Waals surface area contributed by atoms with E-state index in [-0.39, 0.29) is 0 Å². The molecule has 1 heterocycles. The van der Waals surface area contributed by atoms with Crippen LogP contribution in [0.2, 0.25) is 0 Å². The van der Waals surface area contributed by atoms with Crippen molar-refractivity contribution in [1.82, 2.24) is 4.90 Å². The Kier molecular flexibility index (Phi) is 5.30. The van der Waals surface area contributed by atoms with Gasteiger partial charge in [-0.15, -0.1) is 0 Å². The van der Waals surface area contributed by atoms with Crippen molar-refractivity contribution in [2.75, 3.05) is 25.5 Å². The highest BCUT2D eigenvalue weighted by Gasteiger charge is 2.31. The summed E-state index contributed by atoms with van der Waals surface area (Å²) in [6, 6.07) is 9.55. The molecule has 0 aliphatic carbocycles. The number of rotatable bonds is 6. The molecule has 0 amide bonds. The normalized spacial score (nSPS) is 24.6. The van der Waals surface area contributed by atoms with Crippen molar-refractivity contribution in [3.8, 4) is 5.75 Å². The van der Waals surface area contributed by atoms with Crippen molar-refractivity contribution in [1.29, 1.82) is 0 Å². The molecule has 3 heteroatoms. The van der Waals surface area contributed by atoms with E-state index >= 15 is 0 Å². The van der Waals surface area contributed by atoms with Crippen LogP contribution in [0.25, 0.3) is 0 Å². The quantitative estimate of drug-likeness (QED) is 0.859. The van der Waals surface area contributed by atoms with Gasteiger partial charge in [0.2, 0.25) is 0 Å². The van der Waals surface area contributed by atoms with Gasteiger partial charge in [0.05, 0.1) is 6.61 Å². The lowest BCUT2D eigenvalue weighted by Crippen LogP contribution is -2.35. The maximum absolute atomic E-state index is 5.95. The molecule has 2 rings (SSSR count). The number of likely N-dealkylation sites (tertiary alicyclic amines) is 1. The summed E-state index contributed by atoms with van der Waals surface area (Å²) < 4.78 is 5.95. The van der Waals surface area contributed by atoms with Crippen LogP contribution in [0.5, 0.6) is 5.75 Å². The van der Waals surface area contributed by atoms with Gasteiger partial charge in [-0.1, -0.05) is 6.92 Å². The zero-order valence-corrected chi connectivity index (χ0v) is 13.2. The van der Waals surface area contributed by atoms with E-state index in [2.05, 4.69) is 43.1 Å². The van der Waals surface area contributed by atoms with E-state index in [1.807, 2.05) is 19.2 Å². The van der Waals surface area contributed by atoms with Gasteiger partial charge in [-0.2, -0.15) is 0 Å². The molecule has 3 nitrogen and oxygen atoms in total. The van der Waals surface area contributed by atoms with E-state index < -0.39 is 0 Å². The third-order valence-electron chi connectivity index (χ3n) is 4.50. The summed E-state index contributed by atoms with van der Waals surface area (Å²) in [5.74, 6) is 1.63. The number of nitrogens with zero attached hydrogens (tertiary/aromatic N) is 1. The summed E-state index contributed by atoms with van der Waals surface area (Å²) in [4.78, 5) is 2.62. The SMILES string of the molecule is CCC(C)N1CC(COc2ccc(NC)cc2)CC1C. The first-order valence-corrected chi connectivity index (χ1v) is 7.80. The lowest BCUT2D eigenvalue weighted by molar-refractivity contribution is 0.185. The molecule has 112 valence electrons. The number of hydrogen-bond acceptors (Lipinski definition) is 3. The fourth-order valence-electron chi connectivity index (χ4n) is 3.07. The Hall–Kier alpha value is -1.22. The average molecular weight is 276 g/mol. The van der Waals surface area contributed by atoms with E-state index in [1.165, 1.54) is 19.4 Å². The maximum Gasteiger partial charge on any atom is 0.119 e. The monoisotopic (exact) mass is 276 g/mol. The fraction of sp³-hybridized carbons (Fsp3) is 0.647. The zero-order chi connectivity index (χ0) is 14.5. The predicted molar refractivity (Wildman–Crippen MR) is 85.5 cm³/mol. The number of benzene rings is 1. The van der Waals surface area contributed by atoms with Crippen LogP contribution in [0.1, 0.15) is 33.6 Å². The van der Waals surface area contributed by atoms with E-state index in [1.54, 1.807) is 0 Å². The summed E-state index contributed by atoms with van der Waals surface area (Å²) in [7, 11) is 1.93. The summed E-state index contributed by atoms with van der Waals surface area (Å²) in [6.45, 7) is 8.94. The van der Waals surface area contributed by atoms with Gasteiger partial charge in [0.25, 0.3) is 0 Å². The molecule has 1 aromatic carbocycles. The van der Waals surface area contributed by atoms with E-state index in [0.717, 1.165) is 18.0 Å². The third kappa shape index (κ3) is 3.66. The van der Waals surface area contributed by atoms with Crippen LogP contribution in [-0.4, -0.2) is 37.2 Å². The van der Waals surface area contributed by atoms with E-state index in [0.29, 0.717) is 18.0 Å². The average Bonchev–Trinajstić information content (AvgIpc) is 2.86. The van der Waals surface area contributed by atoms with Crippen LogP contribution in [0.15, 0.2) is 24.3 Å². The van der Waals surface area contributed by atoms with Crippen LogP contribution in [-0.2, 0) is 0 Å². The van der Waals surface area contributed by atoms with E-state index in [4.69, 9.17) is 4.74 Å². The minimum Gasteiger partial charge on any atom is -0.493 e. The molecule has 0 spiro atoms. The van der Waals surface area contributed by atoms with Crippen molar-refractivity contribution in [2.45, 2.75) is 45.7 Å². The van der Waals surface area contributed by atoms with Crippen molar-refractivity contribution >= 4 is 5.69 Å². The Morgan fingerprint density at radius 1 is 1.35 bits per heavy atom. The highest BCUT2D eigenvalue weighted by atomic mass is 16.5. The van der Waals surface area contributed by atoms with E-state index in [9.17, 15) is 0 Å². The standard InChI is InChI=1S/C17H28N2O/c1-5-13(2)19-11-15(10-14(19)3)12-20-17-8-6-16(18-4)7-9-17/h6-9,13-15,18H,5,10-12H2,1-4H3. The minimum atomic E-state index is 0.656. The molecule has 1 aliphatic heterocycles. The lowest BCUT2D eigenvalue weighted by Gasteiger charge is -2.27. The lowest BCUT2D eigenvalue weighted by atomic mass is 10.1. The molecule has 1 saturated heterocycles. The van der Waals surface area contributed by atoms with Gasteiger partial charge in [0.15, 0.2) is 0 Å². The van der Waals surface area contributed by atoms with Gasteiger partial charge in [0.1, 0.15) is 5.75 Å². The molecule has 3 atom stereocenters. The van der Waals surface area contributed by atoms with Gasteiger partial charge in [-0.05, 0) is 51.0 Å². The van der Waals surface area contributed by atoms with Crippen LogP contribution >= 0.6 is 0 Å². The number of hydrogen-bond donors (Lipinski definition) is 1. The van der Waals surface area contributed by atoms with Crippen LogP contribution in [0.3, 0.4) is 0 Å². The first-order chi connectivity index (χ1) is 9.63. The summed E-state index contributed by atoms with van der Waals surface area (Å²) in [5, 5.41) is 3.12. The molecule has 0 aromatic heterocycles. The van der Waals surface area contributed by atoms with Crippen LogP contribution in [0, 0.1) is 5.92 Å². The van der Waals surface area contributed by atoms with Crippen molar-refractivity contribution in [2.24, 2.45) is 5.92 Å². The topological polar surface area (TPSA) is 24.5 Å². The van der Waals surface area contributed by atoms with Crippen molar-refractivity contribution < 1.29 is 4.74 Å². The molecule has 0 saturated carbocycles.